The fourth-order valence-electron chi connectivity index (χ4n) is 3.10. The molecule has 1 aromatic rings. The van der Waals surface area contributed by atoms with Crippen LogP contribution in [0.15, 0.2) is 18.2 Å². The minimum Gasteiger partial charge on any atom is -0.392 e. The van der Waals surface area contributed by atoms with Gasteiger partial charge in [0.15, 0.2) is 0 Å². The Hall–Kier alpha value is -0.860. The van der Waals surface area contributed by atoms with E-state index in [-0.39, 0.29) is 12.0 Å². The lowest BCUT2D eigenvalue weighted by Crippen LogP contribution is -2.31. The summed E-state index contributed by atoms with van der Waals surface area (Å²) in [6.45, 7) is 4.76. The third kappa shape index (κ3) is 2.76. The number of rotatable bonds is 4. The van der Waals surface area contributed by atoms with Crippen molar-refractivity contribution in [3.8, 4) is 0 Å². The van der Waals surface area contributed by atoms with Gasteiger partial charge in [0.2, 0.25) is 0 Å². The average molecular weight is 247 g/mol. The van der Waals surface area contributed by atoms with E-state index in [1.165, 1.54) is 29.5 Å². The SMILES string of the molecule is Cc1ccc(C(CN)C(O)C2CCCC2)cc1C. The van der Waals surface area contributed by atoms with Crippen LogP contribution >= 0.6 is 0 Å². The topological polar surface area (TPSA) is 46.2 Å². The number of aliphatic hydroxyl groups excluding tert-OH is 1. The van der Waals surface area contributed by atoms with Gasteiger partial charge in [0.05, 0.1) is 6.10 Å². The van der Waals surface area contributed by atoms with Gasteiger partial charge in [-0.15, -0.1) is 0 Å². The molecule has 1 saturated carbocycles. The Morgan fingerprint density at radius 1 is 1.22 bits per heavy atom. The van der Waals surface area contributed by atoms with Crippen LogP contribution in [0.2, 0.25) is 0 Å². The van der Waals surface area contributed by atoms with E-state index in [1.54, 1.807) is 0 Å². The minimum absolute atomic E-state index is 0.0902. The summed E-state index contributed by atoms with van der Waals surface area (Å²) in [6, 6.07) is 6.44. The molecule has 0 heterocycles. The molecule has 1 aliphatic rings. The summed E-state index contributed by atoms with van der Waals surface area (Å²) >= 11 is 0. The van der Waals surface area contributed by atoms with Gasteiger partial charge >= 0.3 is 0 Å². The van der Waals surface area contributed by atoms with Crippen LogP contribution in [0, 0.1) is 19.8 Å². The van der Waals surface area contributed by atoms with Gasteiger partial charge in [0.25, 0.3) is 0 Å². The zero-order chi connectivity index (χ0) is 13.1. The maximum absolute atomic E-state index is 10.5. The molecule has 18 heavy (non-hydrogen) atoms. The summed E-state index contributed by atoms with van der Waals surface area (Å²) in [5, 5.41) is 10.5. The van der Waals surface area contributed by atoms with Crippen LogP contribution in [-0.2, 0) is 0 Å². The largest absolute Gasteiger partial charge is 0.392 e. The van der Waals surface area contributed by atoms with E-state index < -0.39 is 0 Å². The molecule has 2 atom stereocenters. The quantitative estimate of drug-likeness (QED) is 0.859. The molecule has 2 nitrogen and oxygen atoms in total. The molecule has 0 amide bonds. The summed E-state index contributed by atoms with van der Waals surface area (Å²) in [5.41, 5.74) is 9.67. The van der Waals surface area contributed by atoms with Crippen molar-refractivity contribution in [1.29, 1.82) is 0 Å². The van der Waals surface area contributed by atoms with Gasteiger partial charge in [-0.05, 0) is 49.3 Å². The van der Waals surface area contributed by atoms with Gasteiger partial charge in [-0.25, -0.2) is 0 Å². The van der Waals surface area contributed by atoms with Crippen LogP contribution in [-0.4, -0.2) is 17.8 Å². The molecule has 1 fully saturated rings. The molecule has 0 radical (unpaired) electrons. The van der Waals surface area contributed by atoms with E-state index in [2.05, 4.69) is 32.0 Å². The summed E-state index contributed by atoms with van der Waals surface area (Å²) < 4.78 is 0. The highest BCUT2D eigenvalue weighted by molar-refractivity contribution is 5.32. The number of hydrogen-bond acceptors (Lipinski definition) is 2. The first kappa shape index (κ1) is 13.6. The standard InChI is InChI=1S/C16H25NO/c1-11-7-8-14(9-12(11)2)15(10-17)16(18)13-5-3-4-6-13/h7-9,13,15-16,18H,3-6,10,17H2,1-2H3. The average Bonchev–Trinajstić information content (AvgIpc) is 2.88. The molecule has 2 unspecified atom stereocenters. The molecule has 2 heteroatoms. The van der Waals surface area contributed by atoms with Gasteiger partial charge in [0, 0.05) is 12.5 Å². The summed E-state index contributed by atoms with van der Waals surface area (Å²) in [6.07, 6.45) is 4.54. The molecule has 1 aliphatic carbocycles. The predicted octanol–water partition coefficient (Wildman–Crippen LogP) is 2.90. The lowest BCUT2D eigenvalue weighted by molar-refractivity contribution is 0.0851. The van der Waals surface area contributed by atoms with E-state index in [4.69, 9.17) is 5.73 Å². The third-order valence-corrected chi connectivity index (χ3v) is 4.51. The lowest BCUT2D eigenvalue weighted by atomic mass is 9.84. The van der Waals surface area contributed by atoms with E-state index in [0.29, 0.717) is 12.5 Å². The fourth-order valence-corrected chi connectivity index (χ4v) is 3.10. The van der Waals surface area contributed by atoms with Crippen LogP contribution in [0.1, 0.15) is 48.3 Å². The molecule has 1 aromatic carbocycles. The number of aryl methyl sites for hydroxylation is 2. The van der Waals surface area contributed by atoms with Crippen LogP contribution < -0.4 is 5.73 Å². The smallest absolute Gasteiger partial charge is 0.0648 e. The Bertz CT molecular complexity index is 396. The Morgan fingerprint density at radius 2 is 1.89 bits per heavy atom. The molecule has 3 N–H and O–H groups in total. The minimum atomic E-state index is -0.278. The molecule has 0 bridgehead atoms. The van der Waals surface area contributed by atoms with Crippen molar-refractivity contribution in [3.63, 3.8) is 0 Å². The number of nitrogens with two attached hydrogens (primary N) is 1. The summed E-state index contributed by atoms with van der Waals surface area (Å²) in [5.74, 6) is 0.535. The molecule has 0 spiro atoms. The third-order valence-electron chi connectivity index (χ3n) is 4.51. The first-order valence-corrected chi connectivity index (χ1v) is 7.08. The second-order valence-electron chi connectivity index (χ2n) is 5.72. The van der Waals surface area contributed by atoms with E-state index in [0.717, 1.165) is 12.8 Å². The first-order chi connectivity index (χ1) is 8.63. The Morgan fingerprint density at radius 3 is 2.44 bits per heavy atom. The van der Waals surface area contributed by atoms with Crippen molar-refractivity contribution in [2.24, 2.45) is 11.7 Å². The zero-order valence-corrected chi connectivity index (χ0v) is 11.5. The van der Waals surface area contributed by atoms with Gasteiger partial charge in [-0.1, -0.05) is 31.0 Å². The monoisotopic (exact) mass is 247 g/mol. The second-order valence-corrected chi connectivity index (χ2v) is 5.72. The normalized spacial score (nSPS) is 20.0. The lowest BCUT2D eigenvalue weighted by Gasteiger charge is -2.27. The van der Waals surface area contributed by atoms with E-state index in [9.17, 15) is 5.11 Å². The van der Waals surface area contributed by atoms with E-state index in [1.807, 2.05) is 0 Å². The van der Waals surface area contributed by atoms with Gasteiger partial charge < -0.3 is 10.8 Å². The van der Waals surface area contributed by atoms with Gasteiger partial charge in [0.1, 0.15) is 0 Å². The van der Waals surface area contributed by atoms with Crippen molar-refractivity contribution < 1.29 is 5.11 Å². The van der Waals surface area contributed by atoms with Crippen LogP contribution in [0.3, 0.4) is 0 Å². The summed E-state index contributed by atoms with van der Waals surface area (Å²) in [4.78, 5) is 0. The zero-order valence-electron chi connectivity index (χ0n) is 11.5. The second kappa shape index (κ2) is 5.85. The molecule has 2 rings (SSSR count). The van der Waals surface area contributed by atoms with Crippen LogP contribution in [0.25, 0.3) is 0 Å². The van der Waals surface area contributed by atoms with Crippen molar-refractivity contribution in [2.75, 3.05) is 6.54 Å². The number of hydrogen-bond donors (Lipinski definition) is 2. The molecular weight excluding hydrogens is 222 g/mol. The van der Waals surface area contributed by atoms with Crippen LogP contribution in [0.4, 0.5) is 0 Å². The molecular formula is C16H25NO. The fraction of sp³-hybridized carbons (Fsp3) is 0.625. The van der Waals surface area contributed by atoms with Crippen LogP contribution in [0.5, 0.6) is 0 Å². The van der Waals surface area contributed by atoms with Crippen molar-refractivity contribution in [2.45, 2.75) is 51.6 Å². The highest BCUT2D eigenvalue weighted by Crippen LogP contribution is 2.34. The van der Waals surface area contributed by atoms with Gasteiger partial charge in [-0.3, -0.25) is 0 Å². The highest BCUT2D eigenvalue weighted by Gasteiger charge is 2.30. The highest BCUT2D eigenvalue weighted by atomic mass is 16.3. The van der Waals surface area contributed by atoms with E-state index >= 15 is 0 Å². The molecule has 0 aromatic heterocycles. The molecule has 0 aliphatic heterocycles. The Balaban J connectivity index is 2.18. The predicted molar refractivity (Wildman–Crippen MR) is 75.7 cm³/mol. The van der Waals surface area contributed by atoms with Crippen molar-refractivity contribution >= 4 is 0 Å². The molecule has 100 valence electrons. The summed E-state index contributed by atoms with van der Waals surface area (Å²) in [7, 11) is 0. The number of benzene rings is 1. The molecule has 0 saturated heterocycles. The Kier molecular flexibility index (Phi) is 4.41. The van der Waals surface area contributed by atoms with Gasteiger partial charge in [-0.2, -0.15) is 0 Å². The van der Waals surface area contributed by atoms with Crippen molar-refractivity contribution in [1.82, 2.24) is 0 Å². The maximum Gasteiger partial charge on any atom is 0.0648 e. The number of aliphatic hydroxyl groups is 1. The Labute approximate surface area is 110 Å². The first-order valence-electron chi connectivity index (χ1n) is 7.08. The van der Waals surface area contributed by atoms with Crippen molar-refractivity contribution in [3.05, 3.63) is 34.9 Å². The maximum atomic E-state index is 10.5.